The van der Waals surface area contributed by atoms with Gasteiger partial charge in [-0.25, -0.2) is 14.8 Å². The lowest BCUT2D eigenvalue weighted by Gasteiger charge is -2.63. The van der Waals surface area contributed by atoms with Gasteiger partial charge in [0.2, 0.25) is 5.91 Å². The standard InChI is InChI=1S/C46H52N10O4/c1-45(2)42(46(3,4)43(45)60-36-9-7-30(26-47)39-34(36)6-5-18-48-39)52-41(58)31-8-10-37(50-27-31)54-22-12-29(13-23-54)28-53-20-14-32(15-21-53)55-24-16-33-35(11-19-49-40(33)55)56-25-17-38(57)51-44(56)59/h5-11,16,18-19,24,27,29,32,42-43H,12-15,17,20-23,25,28H2,1-4H3,(H,52,58)(H,51,57,59). The topological polar surface area (TPSA) is 162 Å². The normalized spacial score (nSPS) is 22.3. The molecule has 14 heteroatoms. The average molecular weight is 809 g/mol. The predicted molar refractivity (Wildman–Crippen MR) is 229 cm³/mol. The first-order valence-electron chi connectivity index (χ1n) is 21.2. The number of anilines is 2. The molecule has 1 saturated carbocycles. The highest BCUT2D eigenvalue weighted by atomic mass is 16.5. The summed E-state index contributed by atoms with van der Waals surface area (Å²) in [5.74, 6) is 1.82. The maximum absolute atomic E-state index is 13.6. The number of carbonyl (C=O) groups excluding carboxylic acids is 3. The summed E-state index contributed by atoms with van der Waals surface area (Å²) in [4.78, 5) is 58.3. The third-order valence-electron chi connectivity index (χ3n) is 13.6. The lowest BCUT2D eigenvalue weighted by atomic mass is 9.49. The third-order valence-corrected chi connectivity index (χ3v) is 13.6. The first-order valence-corrected chi connectivity index (χ1v) is 21.2. The van der Waals surface area contributed by atoms with Crippen LogP contribution in [0.4, 0.5) is 16.3 Å². The lowest BCUT2D eigenvalue weighted by molar-refractivity contribution is -0.163. The SMILES string of the molecule is CC1(C)C(NC(=O)c2ccc(N3CCC(CN4CCC(n5ccc6c(N7CCC(=O)NC7=O)ccnc65)CC4)CC3)nc2)C(C)(C)C1Oc1ccc(C#N)c2ncccc12. The van der Waals surface area contributed by atoms with Crippen molar-refractivity contribution >= 4 is 51.3 Å². The van der Waals surface area contributed by atoms with Gasteiger partial charge in [-0.15, -0.1) is 0 Å². The fraction of sp³-hybridized carbons (Fsp3) is 0.457. The van der Waals surface area contributed by atoms with Crippen molar-refractivity contribution in [3.8, 4) is 11.8 Å². The maximum Gasteiger partial charge on any atom is 0.328 e. The van der Waals surface area contributed by atoms with Gasteiger partial charge in [0.25, 0.3) is 5.91 Å². The monoisotopic (exact) mass is 808 g/mol. The van der Waals surface area contributed by atoms with Crippen molar-refractivity contribution in [2.45, 2.75) is 78.0 Å². The summed E-state index contributed by atoms with van der Waals surface area (Å²) in [5.41, 5.74) is 2.60. The summed E-state index contributed by atoms with van der Waals surface area (Å²) in [5, 5.41) is 17.0. The van der Waals surface area contributed by atoms with Gasteiger partial charge in [0, 0.05) is 104 Å². The number of benzene rings is 1. The van der Waals surface area contributed by atoms with Crippen molar-refractivity contribution < 1.29 is 19.1 Å². The van der Waals surface area contributed by atoms with E-state index in [1.165, 1.54) is 0 Å². The van der Waals surface area contributed by atoms with Gasteiger partial charge in [-0.05, 0) is 80.1 Å². The number of nitrogens with zero attached hydrogens (tertiary/aromatic N) is 8. The molecule has 14 nitrogen and oxygen atoms in total. The molecule has 9 rings (SSSR count). The number of ether oxygens (including phenoxy) is 1. The summed E-state index contributed by atoms with van der Waals surface area (Å²) in [6.45, 7) is 13.9. The minimum absolute atomic E-state index is 0.140. The van der Waals surface area contributed by atoms with Gasteiger partial charge < -0.3 is 24.4 Å². The van der Waals surface area contributed by atoms with E-state index in [2.05, 4.69) is 69.9 Å². The number of piperidine rings is 2. The highest BCUT2D eigenvalue weighted by Gasteiger charge is 2.64. The fourth-order valence-electron chi connectivity index (χ4n) is 10.6. The number of nitriles is 1. The summed E-state index contributed by atoms with van der Waals surface area (Å²) in [7, 11) is 0. The first kappa shape index (κ1) is 39.4. The molecule has 5 aromatic rings. The number of likely N-dealkylation sites (tertiary alicyclic amines) is 1. The zero-order valence-corrected chi connectivity index (χ0v) is 34.7. The second kappa shape index (κ2) is 15.5. The molecule has 0 atom stereocenters. The number of hydrogen-bond donors (Lipinski definition) is 2. The largest absolute Gasteiger partial charge is 0.488 e. The van der Waals surface area contributed by atoms with Crippen molar-refractivity contribution in [2.24, 2.45) is 16.7 Å². The Morgan fingerprint density at radius 2 is 1.68 bits per heavy atom. The van der Waals surface area contributed by atoms with Crippen LogP contribution in [0.15, 0.2) is 73.3 Å². The molecular formula is C46H52N10O4. The van der Waals surface area contributed by atoms with Gasteiger partial charge >= 0.3 is 6.03 Å². The second-order valence-corrected chi connectivity index (χ2v) is 18.1. The molecule has 4 aliphatic rings. The van der Waals surface area contributed by atoms with Crippen LogP contribution >= 0.6 is 0 Å². The molecule has 3 saturated heterocycles. The molecule has 7 heterocycles. The van der Waals surface area contributed by atoms with Crippen molar-refractivity contribution in [1.82, 2.24) is 35.1 Å². The number of fused-ring (bicyclic) bond motifs is 2. The Morgan fingerprint density at radius 1 is 0.900 bits per heavy atom. The molecule has 0 unspecified atom stereocenters. The maximum atomic E-state index is 13.6. The van der Waals surface area contributed by atoms with E-state index in [-0.39, 0.29) is 47.2 Å². The summed E-state index contributed by atoms with van der Waals surface area (Å²) >= 11 is 0. The van der Waals surface area contributed by atoms with Crippen LogP contribution in [0.5, 0.6) is 5.75 Å². The number of rotatable bonds is 9. The van der Waals surface area contributed by atoms with E-state index in [0.29, 0.717) is 40.9 Å². The molecule has 1 aromatic carbocycles. The van der Waals surface area contributed by atoms with E-state index in [9.17, 15) is 19.6 Å². The van der Waals surface area contributed by atoms with E-state index in [1.54, 1.807) is 29.6 Å². The quantitative estimate of drug-likeness (QED) is 0.169. The van der Waals surface area contributed by atoms with Gasteiger partial charge in [0.05, 0.1) is 22.3 Å². The van der Waals surface area contributed by atoms with E-state index >= 15 is 0 Å². The van der Waals surface area contributed by atoms with Crippen LogP contribution in [0.1, 0.15) is 81.8 Å². The van der Waals surface area contributed by atoms with Crippen LogP contribution in [0.2, 0.25) is 0 Å². The predicted octanol–water partition coefficient (Wildman–Crippen LogP) is 6.46. The molecule has 0 bridgehead atoms. The Morgan fingerprint density at radius 3 is 2.40 bits per heavy atom. The minimum Gasteiger partial charge on any atom is -0.488 e. The van der Waals surface area contributed by atoms with E-state index in [4.69, 9.17) is 14.7 Å². The number of hydrogen-bond acceptors (Lipinski definition) is 10. The molecule has 4 fully saturated rings. The number of nitrogens with one attached hydrogen (secondary N) is 2. The van der Waals surface area contributed by atoms with Gasteiger partial charge in [0.1, 0.15) is 29.4 Å². The molecule has 2 N–H and O–H groups in total. The van der Waals surface area contributed by atoms with Gasteiger partial charge in [-0.3, -0.25) is 24.8 Å². The van der Waals surface area contributed by atoms with Gasteiger partial charge in [-0.1, -0.05) is 27.7 Å². The van der Waals surface area contributed by atoms with E-state index < -0.39 is 0 Å². The van der Waals surface area contributed by atoms with Crippen LogP contribution in [0.3, 0.4) is 0 Å². The van der Waals surface area contributed by atoms with Crippen LogP contribution in [-0.4, -0.2) is 93.7 Å². The highest BCUT2D eigenvalue weighted by molar-refractivity contribution is 6.09. The summed E-state index contributed by atoms with van der Waals surface area (Å²) in [6, 6.07) is 17.2. The molecule has 4 aromatic heterocycles. The number of carbonyl (C=O) groups is 3. The van der Waals surface area contributed by atoms with Gasteiger partial charge in [0.15, 0.2) is 0 Å². The number of aromatic nitrogens is 4. The first-order chi connectivity index (χ1) is 28.9. The Bertz CT molecular complexity index is 2480. The number of urea groups is 1. The van der Waals surface area contributed by atoms with Crippen molar-refractivity contribution in [1.29, 1.82) is 5.26 Å². The van der Waals surface area contributed by atoms with Crippen LogP contribution < -0.4 is 25.2 Å². The van der Waals surface area contributed by atoms with Crippen molar-refractivity contribution in [3.63, 3.8) is 0 Å². The average Bonchev–Trinajstić information content (AvgIpc) is 3.70. The van der Waals surface area contributed by atoms with Crippen molar-refractivity contribution in [2.75, 3.05) is 49.1 Å². The lowest BCUT2D eigenvalue weighted by Crippen LogP contribution is -2.74. The molecule has 60 heavy (non-hydrogen) atoms. The van der Waals surface area contributed by atoms with Crippen LogP contribution in [-0.2, 0) is 4.79 Å². The molecule has 310 valence electrons. The summed E-state index contributed by atoms with van der Waals surface area (Å²) in [6.07, 6.45) is 11.6. The van der Waals surface area contributed by atoms with E-state index in [0.717, 1.165) is 86.3 Å². The zero-order chi connectivity index (χ0) is 41.8. The number of amides is 4. The van der Waals surface area contributed by atoms with Crippen LogP contribution in [0.25, 0.3) is 21.9 Å². The van der Waals surface area contributed by atoms with E-state index in [1.807, 2.05) is 42.5 Å². The van der Waals surface area contributed by atoms with Gasteiger partial charge in [-0.2, -0.15) is 5.26 Å². The molecule has 3 aliphatic heterocycles. The molecule has 1 aliphatic carbocycles. The fourth-order valence-corrected chi connectivity index (χ4v) is 10.6. The highest BCUT2D eigenvalue weighted by Crippen LogP contribution is 2.56. The minimum atomic E-state index is -0.380. The zero-order valence-electron chi connectivity index (χ0n) is 34.7. The number of pyridine rings is 3. The third kappa shape index (κ3) is 7.08. The Labute approximate surface area is 349 Å². The molecule has 0 radical (unpaired) electrons. The van der Waals surface area contributed by atoms with Crippen molar-refractivity contribution in [3.05, 3.63) is 84.4 Å². The Hall–Kier alpha value is -6.07. The number of imide groups is 1. The summed E-state index contributed by atoms with van der Waals surface area (Å²) < 4.78 is 8.92. The van der Waals surface area contributed by atoms with Crippen LogP contribution in [0, 0.1) is 28.1 Å². The Balaban J connectivity index is 0.751. The molecule has 4 amide bonds. The molecular weight excluding hydrogens is 757 g/mol. The smallest absolute Gasteiger partial charge is 0.328 e. The Kier molecular flexibility index (Phi) is 10.2. The second-order valence-electron chi connectivity index (χ2n) is 18.1. The molecule has 0 spiro atoms.